The molecule has 1 saturated heterocycles. The van der Waals surface area contributed by atoms with Crippen molar-refractivity contribution in [3.8, 4) is 0 Å². The molecule has 1 fully saturated rings. The van der Waals surface area contributed by atoms with Crippen LogP contribution in [0.3, 0.4) is 0 Å². The molecule has 0 saturated carbocycles. The molecule has 1 heterocycles. The monoisotopic (exact) mass is 359 g/mol. The molecule has 1 aliphatic rings. The molecular formula is C20H19Cl2NO. The van der Waals surface area contributed by atoms with Crippen molar-refractivity contribution in [2.45, 2.75) is 19.3 Å². The molecule has 124 valence electrons. The highest BCUT2D eigenvalue weighted by molar-refractivity contribution is 6.35. The maximum Gasteiger partial charge on any atom is 0.185 e. The Balaban J connectivity index is 1.69. The topological polar surface area (TPSA) is 20.3 Å². The van der Waals surface area contributed by atoms with Crippen LogP contribution in [-0.2, 0) is 0 Å². The third kappa shape index (κ3) is 4.19. The van der Waals surface area contributed by atoms with Crippen LogP contribution in [0, 0.1) is 0 Å². The van der Waals surface area contributed by atoms with E-state index >= 15 is 0 Å². The van der Waals surface area contributed by atoms with Crippen LogP contribution in [-0.4, -0.2) is 18.9 Å². The van der Waals surface area contributed by atoms with E-state index in [2.05, 4.69) is 4.90 Å². The zero-order valence-electron chi connectivity index (χ0n) is 13.3. The first-order valence-corrected chi connectivity index (χ1v) is 8.91. The number of nitrogens with zero attached hydrogens (tertiary/aromatic N) is 1. The number of hydrogen-bond donors (Lipinski definition) is 0. The van der Waals surface area contributed by atoms with Crippen LogP contribution in [0.4, 0.5) is 5.69 Å². The predicted molar refractivity (Wildman–Crippen MR) is 102 cm³/mol. The van der Waals surface area contributed by atoms with Gasteiger partial charge in [0.15, 0.2) is 5.78 Å². The molecule has 2 aromatic rings. The second-order valence-electron chi connectivity index (χ2n) is 5.96. The lowest BCUT2D eigenvalue weighted by Gasteiger charge is -2.28. The number of halogens is 2. The summed E-state index contributed by atoms with van der Waals surface area (Å²) in [6.07, 6.45) is 7.06. The Hall–Kier alpha value is -1.77. The van der Waals surface area contributed by atoms with E-state index in [-0.39, 0.29) is 5.78 Å². The van der Waals surface area contributed by atoms with Gasteiger partial charge in [-0.25, -0.2) is 0 Å². The minimum absolute atomic E-state index is 0.0359. The molecule has 3 rings (SSSR count). The first-order valence-electron chi connectivity index (χ1n) is 8.16. The van der Waals surface area contributed by atoms with Crippen LogP contribution in [0.15, 0.2) is 48.5 Å². The maximum absolute atomic E-state index is 12.3. The first-order chi connectivity index (χ1) is 11.6. The van der Waals surface area contributed by atoms with Crippen LogP contribution in [0.2, 0.25) is 10.0 Å². The number of carbonyl (C=O) groups excluding carboxylic acids is 1. The molecule has 0 spiro atoms. The Morgan fingerprint density at radius 1 is 0.958 bits per heavy atom. The van der Waals surface area contributed by atoms with Gasteiger partial charge in [0.25, 0.3) is 0 Å². The fraction of sp³-hybridized carbons (Fsp3) is 0.250. The summed E-state index contributed by atoms with van der Waals surface area (Å²) < 4.78 is 0. The molecule has 2 nitrogen and oxygen atoms in total. The van der Waals surface area contributed by atoms with Crippen LogP contribution in [0.25, 0.3) is 6.08 Å². The number of benzene rings is 2. The molecular weight excluding hydrogens is 341 g/mol. The van der Waals surface area contributed by atoms with Gasteiger partial charge in [-0.15, -0.1) is 0 Å². The summed E-state index contributed by atoms with van der Waals surface area (Å²) in [6.45, 7) is 2.20. The molecule has 24 heavy (non-hydrogen) atoms. The fourth-order valence-electron chi connectivity index (χ4n) is 2.89. The summed E-state index contributed by atoms with van der Waals surface area (Å²) >= 11 is 12.0. The molecule has 2 aromatic carbocycles. The number of rotatable bonds is 4. The van der Waals surface area contributed by atoms with Gasteiger partial charge in [0, 0.05) is 34.4 Å². The van der Waals surface area contributed by atoms with E-state index in [1.165, 1.54) is 24.9 Å². The molecule has 1 aliphatic heterocycles. The second kappa shape index (κ2) is 7.87. The van der Waals surface area contributed by atoms with E-state index < -0.39 is 0 Å². The van der Waals surface area contributed by atoms with E-state index in [0.717, 1.165) is 18.7 Å². The van der Waals surface area contributed by atoms with Crippen molar-refractivity contribution in [1.82, 2.24) is 0 Å². The largest absolute Gasteiger partial charge is 0.372 e. The highest BCUT2D eigenvalue weighted by Gasteiger charge is 2.11. The maximum atomic E-state index is 12.3. The minimum Gasteiger partial charge on any atom is -0.372 e. The number of carbonyl (C=O) groups is 1. The fourth-order valence-corrected chi connectivity index (χ4v) is 3.36. The third-order valence-electron chi connectivity index (χ3n) is 4.25. The van der Waals surface area contributed by atoms with Crippen molar-refractivity contribution in [3.05, 3.63) is 69.7 Å². The lowest BCUT2D eigenvalue weighted by Crippen LogP contribution is -2.29. The van der Waals surface area contributed by atoms with Gasteiger partial charge in [-0.2, -0.15) is 0 Å². The summed E-state index contributed by atoms with van der Waals surface area (Å²) in [5.74, 6) is -0.0359. The number of allylic oxidation sites excluding steroid dienone is 1. The Labute approximate surface area is 152 Å². The van der Waals surface area contributed by atoms with E-state index in [1.807, 2.05) is 24.3 Å². The van der Waals surface area contributed by atoms with E-state index in [4.69, 9.17) is 23.2 Å². The molecule has 0 amide bonds. The second-order valence-corrected chi connectivity index (χ2v) is 6.80. The van der Waals surface area contributed by atoms with Crippen molar-refractivity contribution in [2.75, 3.05) is 18.0 Å². The Kier molecular flexibility index (Phi) is 5.60. The van der Waals surface area contributed by atoms with Crippen molar-refractivity contribution >= 4 is 40.7 Å². The molecule has 0 atom stereocenters. The summed E-state index contributed by atoms with van der Waals surface area (Å²) in [5.41, 5.74) is 2.65. The van der Waals surface area contributed by atoms with Gasteiger partial charge in [0.05, 0.1) is 0 Å². The molecule has 0 aliphatic carbocycles. The zero-order valence-corrected chi connectivity index (χ0v) is 14.9. The van der Waals surface area contributed by atoms with Gasteiger partial charge in [-0.05, 0) is 73.4 Å². The molecule has 0 unspecified atom stereocenters. The standard InChI is InChI=1S/C20H19Cl2NO/c21-17-8-4-15(19(22)14-17)7-11-20(24)16-5-9-18(10-6-16)23-12-2-1-3-13-23/h4-11,14H,1-3,12-13H2. The average Bonchev–Trinajstić information content (AvgIpc) is 2.62. The summed E-state index contributed by atoms with van der Waals surface area (Å²) in [5, 5.41) is 1.11. The van der Waals surface area contributed by atoms with E-state index in [9.17, 15) is 4.79 Å². The molecule has 0 bridgehead atoms. The lowest BCUT2D eigenvalue weighted by molar-refractivity contribution is 0.104. The lowest BCUT2D eigenvalue weighted by atomic mass is 10.1. The summed E-state index contributed by atoms with van der Waals surface area (Å²) in [4.78, 5) is 14.7. The van der Waals surface area contributed by atoms with Gasteiger partial charge in [0.1, 0.15) is 0 Å². The van der Waals surface area contributed by atoms with Gasteiger partial charge in [-0.3, -0.25) is 4.79 Å². The van der Waals surface area contributed by atoms with E-state index in [0.29, 0.717) is 15.6 Å². The van der Waals surface area contributed by atoms with Crippen LogP contribution < -0.4 is 4.90 Å². The van der Waals surface area contributed by atoms with Crippen molar-refractivity contribution in [2.24, 2.45) is 0 Å². The number of ketones is 1. The highest BCUT2D eigenvalue weighted by Crippen LogP contribution is 2.23. The molecule has 0 aromatic heterocycles. The van der Waals surface area contributed by atoms with Crippen LogP contribution >= 0.6 is 23.2 Å². The summed E-state index contributed by atoms with van der Waals surface area (Å²) in [6, 6.07) is 13.1. The Morgan fingerprint density at radius 3 is 2.33 bits per heavy atom. The molecule has 0 radical (unpaired) electrons. The number of piperidine rings is 1. The molecule has 4 heteroatoms. The van der Waals surface area contributed by atoms with E-state index in [1.54, 1.807) is 30.4 Å². The summed E-state index contributed by atoms with van der Waals surface area (Å²) in [7, 11) is 0. The van der Waals surface area contributed by atoms with Crippen molar-refractivity contribution < 1.29 is 4.79 Å². The van der Waals surface area contributed by atoms with Gasteiger partial charge < -0.3 is 4.90 Å². The Morgan fingerprint density at radius 2 is 1.67 bits per heavy atom. The third-order valence-corrected chi connectivity index (χ3v) is 4.81. The Bertz CT molecular complexity index is 747. The van der Waals surface area contributed by atoms with Crippen LogP contribution in [0.5, 0.6) is 0 Å². The van der Waals surface area contributed by atoms with Gasteiger partial charge in [-0.1, -0.05) is 29.3 Å². The highest BCUT2D eigenvalue weighted by atomic mass is 35.5. The quantitative estimate of drug-likeness (QED) is 0.501. The van der Waals surface area contributed by atoms with Crippen LogP contribution in [0.1, 0.15) is 35.2 Å². The smallest absolute Gasteiger partial charge is 0.185 e. The number of hydrogen-bond acceptors (Lipinski definition) is 2. The normalized spacial score (nSPS) is 15.0. The zero-order chi connectivity index (χ0) is 16.9. The van der Waals surface area contributed by atoms with Gasteiger partial charge >= 0.3 is 0 Å². The predicted octanol–water partition coefficient (Wildman–Crippen LogP) is 5.88. The number of anilines is 1. The minimum atomic E-state index is -0.0359. The first kappa shape index (κ1) is 17.1. The SMILES string of the molecule is O=C(C=Cc1ccc(Cl)cc1Cl)c1ccc(N2CCCCC2)cc1. The average molecular weight is 360 g/mol. The molecule has 0 N–H and O–H groups in total. The van der Waals surface area contributed by atoms with Crippen molar-refractivity contribution in [1.29, 1.82) is 0 Å². The van der Waals surface area contributed by atoms with Crippen molar-refractivity contribution in [3.63, 3.8) is 0 Å². The van der Waals surface area contributed by atoms with Gasteiger partial charge in [0.2, 0.25) is 0 Å².